The maximum absolute atomic E-state index is 12.7. The third-order valence-corrected chi connectivity index (χ3v) is 5.13. The first kappa shape index (κ1) is 17.2. The first-order chi connectivity index (χ1) is 11.7. The van der Waals surface area contributed by atoms with E-state index in [1.807, 2.05) is 6.07 Å². The zero-order chi connectivity index (χ0) is 16.8. The Balaban J connectivity index is 1.42. The Bertz CT molecular complexity index is 549. The lowest BCUT2D eigenvalue weighted by atomic mass is 9.96. The molecule has 1 aromatic carbocycles. The summed E-state index contributed by atoms with van der Waals surface area (Å²) in [6.45, 7) is 6.73. The summed E-state index contributed by atoms with van der Waals surface area (Å²) in [7, 11) is 2.12. The number of carbonyl (C=O) groups is 1. The van der Waals surface area contributed by atoms with E-state index >= 15 is 0 Å². The van der Waals surface area contributed by atoms with Crippen LogP contribution in [0, 0.1) is 5.92 Å². The lowest BCUT2D eigenvalue weighted by molar-refractivity contribution is -0.138. The lowest BCUT2D eigenvalue weighted by Crippen LogP contribution is -2.52. The molecule has 130 valence electrons. The van der Waals surface area contributed by atoms with Crippen molar-refractivity contribution >= 4 is 12.0 Å². The predicted molar refractivity (Wildman–Crippen MR) is 98.7 cm³/mol. The molecule has 1 atom stereocenters. The Hall–Kier alpha value is -1.65. The zero-order valence-corrected chi connectivity index (χ0v) is 14.7. The summed E-state index contributed by atoms with van der Waals surface area (Å²) in [6, 6.07) is 10.4. The van der Waals surface area contributed by atoms with Crippen molar-refractivity contribution in [1.82, 2.24) is 14.7 Å². The third-order valence-electron chi connectivity index (χ3n) is 5.13. The highest BCUT2D eigenvalue weighted by atomic mass is 16.2. The van der Waals surface area contributed by atoms with Crippen molar-refractivity contribution < 1.29 is 4.79 Å². The zero-order valence-electron chi connectivity index (χ0n) is 14.7. The van der Waals surface area contributed by atoms with Crippen LogP contribution < -0.4 is 0 Å². The van der Waals surface area contributed by atoms with Gasteiger partial charge in [-0.05, 0) is 32.0 Å². The molecule has 4 nitrogen and oxygen atoms in total. The van der Waals surface area contributed by atoms with Gasteiger partial charge in [0.15, 0.2) is 0 Å². The molecule has 0 aromatic heterocycles. The molecule has 0 radical (unpaired) electrons. The number of hydrogen-bond acceptors (Lipinski definition) is 3. The standard InChI is InChI=1S/C20H29N3O/c1-21-11-6-10-19(17-21)20(24)23-15-13-22(14-16-23)12-5-9-18-7-3-2-4-8-18/h2-5,7-9,19H,6,10-17H2,1H3/b9-5+/t19-/m1/s1. The first-order valence-electron chi connectivity index (χ1n) is 9.13. The molecule has 0 N–H and O–H groups in total. The van der Waals surface area contributed by atoms with Crippen molar-refractivity contribution in [3.05, 3.63) is 42.0 Å². The van der Waals surface area contributed by atoms with E-state index in [4.69, 9.17) is 0 Å². The highest BCUT2D eigenvalue weighted by Gasteiger charge is 2.29. The van der Waals surface area contributed by atoms with E-state index in [9.17, 15) is 4.79 Å². The normalized spacial score (nSPS) is 23.7. The maximum Gasteiger partial charge on any atom is 0.227 e. The van der Waals surface area contributed by atoms with E-state index in [1.54, 1.807) is 0 Å². The van der Waals surface area contributed by atoms with Gasteiger partial charge in [0.25, 0.3) is 0 Å². The Morgan fingerprint density at radius 2 is 1.88 bits per heavy atom. The second kappa shape index (κ2) is 8.45. The number of likely N-dealkylation sites (tertiary alicyclic amines) is 1. The molecule has 4 heteroatoms. The minimum Gasteiger partial charge on any atom is -0.340 e. The Labute approximate surface area is 145 Å². The van der Waals surface area contributed by atoms with Crippen LogP contribution in [0.1, 0.15) is 18.4 Å². The topological polar surface area (TPSA) is 26.8 Å². The summed E-state index contributed by atoms with van der Waals surface area (Å²) >= 11 is 0. The lowest BCUT2D eigenvalue weighted by Gasteiger charge is -2.38. The number of hydrogen-bond donors (Lipinski definition) is 0. The van der Waals surface area contributed by atoms with Crippen molar-refractivity contribution in [3.63, 3.8) is 0 Å². The molecule has 0 spiro atoms. The molecule has 24 heavy (non-hydrogen) atoms. The van der Waals surface area contributed by atoms with E-state index in [0.717, 1.165) is 58.7 Å². The van der Waals surface area contributed by atoms with Gasteiger partial charge in [-0.3, -0.25) is 9.69 Å². The predicted octanol–water partition coefficient (Wildman–Crippen LogP) is 2.19. The Morgan fingerprint density at radius 1 is 1.12 bits per heavy atom. The number of piperazine rings is 1. The van der Waals surface area contributed by atoms with Crippen LogP contribution in [0.4, 0.5) is 0 Å². The molecule has 2 aliphatic heterocycles. The van der Waals surface area contributed by atoms with Crippen LogP contribution in [-0.2, 0) is 4.79 Å². The van der Waals surface area contributed by atoms with Gasteiger partial charge in [-0.2, -0.15) is 0 Å². The molecular formula is C20H29N3O. The highest BCUT2D eigenvalue weighted by Crippen LogP contribution is 2.18. The molecule has 1 aromatic rings. The molecule has 3 rings (SSSR count). The molecule has 0 unspecified atom stereocenters. The van der Waals surface area contributed by atoms with Gasteiger partial charge in [-0.15, -0.1) is 0 Å². The van der Waals surface area contributed by atoms with Crippen molar-refractivity contribution in [2.24, 2.45) is 5.92 Å². The van der Waals surface area contributed by atoms with E-state index < -0.39 is 0 Å². The van der Waals surface area contributed by atoms with Crippen LogP contribution >= 0.6 is 0 Å². The van der Waals surface area contributed by atoms with Crippen LogP contribution in [0.15, 0.2) is 36.4 Å². The molecule has 2 heterocycles. The quantitative estimate of drug-likeness (QED) is 0.848. The van der Waals surface area contributed by atoms with Crippen molar-refractivity contribution in [2.45, 2.75) is 12.8 Å². The van der Waals surface area contributed by atoms with Crippen LogP contribution in [0.3, 0.4) is 0 Å². The molecule has 2 saturated heterocycles. The number of piperidine rings is 1. The van der Waals surface area contributed by atoms with Gasteiger partial charge in [-0.1, -0.05) is 42.5 Å². The average molecular weight is 327 g/mol. The molecule has 0 saturated carbocycles. The summed E-state index contributed by atoms with van der Waals surface area (Å²) in [5.41, 5.74) is 1.24. The van der Waals surface area contributed by atoms with Crippen LogP contribution in [0.2, 0.25) is 0 Å². The second-order valence-electron chi connectivity index (χ2n) is 7.04. The van der Waals surface area contributed by atoms with E-state index in [2.05, 4.69) is 58.2 Å². The smallest absolute Gasteiger partial charge is 0.227 e. The fourth-order valence-corrected chi connectivity index (χ4v) is 3.68. The number of benzene rings is 1. The van der Waals surface area contributed by atoms with Crippen LogP contribution in [-0.4, -0.2) is 73.5 Å². The SMILES string of the molecule is CN1CCC[C@@H](C(=O)N2CCN(C/C=C/c3ccccc3)CC2)C1. The fraction of sp³-hybridized carbons (Fsp3) is 0.550. The van der Waals surface area contributed by atoms with Gasteiger partial charge >= 0.3 is 0 Å². The average Bonchev–Trinajstić information content (AvgIpc) is 2.63. The van der Waals surface area contributed by atoms with E-state index in [1.165, 1.54) is 5.56 Å². The number of nitrogens with zero attached hydrogens (tertiary/aromatic N) is 3. The molecule has 2 aliphatic rings. The van der Waals surface area contributed by atoms with Gasteiger partial charge in [0, 0.05) is 39.3 Å². The van der Waals surface area contributed by atoms with Crippen molar-refractivity contribution in [2.75, 3.05) is 52.9 Å². The van der Waals surface area contributed by atoms with E-state index in [-0.39, 0.29) is 5.92 Å². The molecule has 0 bridgehead atoms. The van der Waals surface area contributed by atoms with Crippen LogP contribution in [0.5, 0.6) is 0 Å². The van der Waals surface area contributed by atoms with Crippen molar-refractivity contribution in [3.8, 4) is 0 Å². The number of amides is 1. The summed E-state index contributed by atoms with van der Waals surface area (Å²) in [6.07, 6.45) is 6.61. The Kier molecular flexibility index (Phi) is 6.05. The van der Waals surface area contributed by atoms with E-state index in [0.29, 0.717) is 5.91 Å². The summed E-state index contributed by atoms with van der Waals surface area (Å²) in [5.74, 6) is 0.592. The highest BCUT2D eigenvalue weighted by molar-refractivity contribution is 5.79. The number of carbonyl (C=O) groups excluding carboxylic acids is 1. The monoisotopic (exact) mass is 327 g/mol. The van der Waals surface area contributed by atoms with Gasteiger partial charge in [0.2, 0.25) is 5.91 Å². The maximum atomic E-state index is 12.7. The van der Waals surface area contributed by atoms with Gasteiger partial charge < -0.3 is 9.80 Å². The summed E-state index contributed by atoms with van der Waals surface area (Å²) in [5, 5.41) is 0. The van der Waals surface area contributed by atoms with Crippen LogP contribution in [0.25, 0.3) is 6.08 Å². The van der Waals surface area contributed by atoms with Gasteiger partial charge in [-0.25, -0.2) is 0 Å². The van der Waals surface area contributed by atoms with Crippen molar-refractivity contribution in [1.29, 1.82) is 0 Å². The van der Waals surface area contributed by atoms with Gasteiger partial charge in [0.05, 0.1) is 5.92 Å². The second-order valence-corrected chi connectivity index (χ2v) is 7.04. The molecule has 0 aliphatic carbocycles. The molecule has 2 fully saturated rings. The summed E-state index contributed by atoms with van der Waals surface area (Å²) < 4.78 is 0. The minimum atomic E-state index is 0.216. The fourth-order valence-electron chi connectivity index (χ4n) is 3.68. The largest absolute Gasteiger partial charge is 0.340 e. The first-order valence-corrected chi connectivity index (χ1v) is 9.13. The molecular weight excluding hydrogens is 298 g/mol. The Morgan fingerprint density at radius 3 is 2.58 bits per heavy atom. The molecule has 1 amide bonds. The van der Waals surface area contributed by atoms with Gasteiger partial charge in [0.1, 0.15) is 0 Å². The third kappa shape index (κ3) is 4.68. The number of rotatable bonds is 4. The minimum absolute atomic E-state index is 0.216. The summed E-state index contributed by atoms with van der Waals surface area (Å²) in [4.78, 5) is 19.5.